The fraction of sp³-hybridized carbons (Fsp3) is 0. The zero-order valence-corrected chi connectivity index (χ0v) is 26.4. The van der Waals surface area contributed by atoms with Crippen LogP contribution in [0, 0.1) is 0 Å². The van der Waals surface area contributed by atoms with Gasteiger partial charge < -0.3 is 13.7 Å². The summed E-state index contributed by atoms with van der Waals surface area (Å²) < 4.78 is 13.0. The van der Waals surface area contributed by atoms with Crippen molar-refractivity contribution in [3.05, 3.63) is 170 Å². The number of benzene rings is 8. The zero-order chi connectivity index (χ0) is 32.3. The third-order valence-electron chi connectivity index (χ3n) is 9.45. The molecular formula is C45H28N2O2. The molecule has 8 aromatic carbocycles. The van der Waals surface area contributed by atoms with Gasteiger partial charge >= 0.3 is 0 Å². The third-order valence-corrected chi connectivity index (χ3v) is 9.45. The summed E-state index contributed by atoms with van der Waals surface area (Å²) in [7, 11) is 0. The Hall–Kier alpha value is -6.65. The minimum absolute atomic E-state index is 0.615. The minimum atomic E-state index is 0.615. The summed E-state index contributed by atoms with van der Waals surface area (Å²) in [5, 5.41) is 6.55. The van der Waals surface area contributed by atoms with Crippen molar-refractivity contribution in [3.8, 4) is 22.6 Å². The first-order valence-electron chi connectivity index (χ1n) is 16.5. The summed E-state index contributed by atoms with van der Waals surface area (Å²) in [6.45, 7) is 0. The summed E-state index contributed by atoms with van der Waals surface area (Å²) in [6, 6.07) is 59.1. The Morgan fingerprint density at radius 1 is 0.449 bits per heavy atom. The molecular weight excluding hydrogens is 601 g/mol. The average molecular weight is 629 g/mol. The van der Waals surface area contributed by atoms with Gasteiger partial charge in [0.1, 0.15) is 16.7 Å². The molecule has 0 fully saturated rings. The summed E-state index contributed by atoms with van der Waals surface area (Å²) in [5.41, 5.74) is 9.77. The van der Waals surface area contributed by atoms with Crippen LogP contribution in [0.5, 0.6) is 0 Å². The van der Waals surface area contributed by atoms with Gasteiger partial charge in [-0.1, -0.05) is 103 Å². The third kappa shape index (κ3) is 4.42. The predicted octanol–water partition coefficient (Wildman–Crippen LogP) is 12.8. The second kappa shape index (κ2) is 11.0. The molecule has 4 heteroatoms. The van der Waals surface area contributed by atoms with E-state index in [0.717, 1.165) is 77.2 Å². The smallest absolute Gasteiger partial charge is 0.227 e. The van der Waals surface area contributed by atoms with E-state index in [9.17, 15) is 0 Å². The van der Waals surface area contributed by atoms with E-state index in [1.165, 1.54) is 11.1 Å². The second-order valence-corrected chi connectivity index (χ2v) is 12.3. The van der Waals surface area contributed by atoms with Crippen LogP contribution in [-0.4, -0.2) is 4.98 Å². The van der Waals surface area contributed by atoms with E-state index in [1.54, 1.807) is 0 Å². The molecule has 10 rings (SSSR count). The summed E-state index contributed by atoms with van der Waals surface area (Å²) in [5.74, 6) is 0.615. The number of hydrogen-bond acceptors (Lipinski definition) is 4. The van der Waals surface area contributed by atoms with Gasteiger partial charge in [0, 0.05) is 27.7 Å². The van der Waals surface area contributed by atoms with Gasteiger partial charge in [0.25, 0.3) is 0 Å². The lowest BCUT2D eigenvalue weighted by atomic mass is 9.92. The minimum Gasteiger partial charge on any atom is -0.456 e. The SMILES string of the molecule is c1ccc(-c2nc3ccc4cc(-c5ccccc5)c5ccc(N(c6ccccc6)c6cccc7oc8ccccc8c67)cc5c4c3o2)cc1. The molecule has 0 N–H and O–H groups in total. The molecule has 0 aliphatic carbocycles. The molecule has 49 heavy (non-hydrogen) atoms. The molecule has 0 aliphatic heterocycles. The van der Waals surface area contributed by atoms with Gasteiger partial charge in [-0.3, -0.25) is 0 Å². The van der Waals surface area contributed by atoms with Gasteiger partial charge in [-0.05, 0) is 94.0 Å². The predicted molar refractivity (Wildman–Crippen MR) is 202 cm³/mol. The van der Waals surface area contributed by atoms with Crippen LogP contribution in [0.4, 0.5) is 17.1 Å². The van der Waals surface area contributed by atoms with Gasteiger partial charge in [-0.25, -0.2) is 4.98 Å². The highest BCUT2D eigenvalue weighted by molar-refractivity contribution is 6.22. The van der Waals surface area contributed by atoms with Crippen molar-refractivity contribution in [2.24, 2.45) is 0 Å². The first kappa shape index (κ1) is 27.5. The highest BCUT2D eigenvalue weighted by Gasteiger charge is 2.22. The van der Waals surface area contributed by atoms with Crippen molar-refractivity contribution in [2.45, 2.75) is 0 Å². The maximum atomic E-state index is 6.65. The molecule has 0 saturated carbocycles. The van der Waals surface area contributed by atoms with Crippen molar-refractivity contribution in [3.63, 3.8) is 0 Å². The fourth-order valence-electron chi connectivity index (χ4n) is 7.26. The molecule has 0 atom stereocenters. The van der Waals surface area contributed by atoms with Crippen molar-refractivity contribution in [1.82, 2.24) is 4.98 Å². The van der Waals surface area contributed by atoms with Crippen LogP contribution in [0.1, 0.15) is 0 Å². The van der Waals surface area contributed by atoms with Gasteiger partial charge in [0.05, 0.1) is 11.1 Å². The molecule has 0 radical (unpaired) electrons. The maximum Gasteiger partial charge on any atom is 0.227 e. The zero-order valence-electron chi connectivity index (χ0n) is 26.4. The van der Waals surface area contributed by atoms with Crippen molar-refractivity contribution in [1.29, 1.82) is 0 Å². The van der Waals surface area contributed by atoms with Gasteiger partial charge in [-0.2, -0.15) is 0 Å². The molecule has 2 aromatic heterocycles. The largest absolute Gasteiger partial charge is 0.456 e. The quantitative estimate of drug-likeness (QED) is 0.178. The Balaban J connectivity index is 1.30. The van der Waals surface area contributed by atoms with Crippen LogP contribution in [-0.2, 0) is 0 Å². The van der Waals surface area contributed by atoms with Crippen LogP contribution in [0.15, 0.2) is 179 Å². The summed E-state index contributed by atoms with van der Waals surface area (Å²) in [6.07, 6.45) is 0. The van der Waals surface area contributed by atoms with Crippen molar-refractivity contribution in [2.75, 3.05) is 4.90 Å². The molecule has 0 bridgehead atoms. The molecule has 0 amide bonds. The molecule has 10 aromatic rings. The number of fused-ring (bicyclic) bond motifs is 8. The molecule has 0 unspecified atom stereocenters. The van der Waals surface area contributed by atoms with E-state index in [2.05, 4.69) is 126 Å². The van der Waals surface area contributed by atoms with Crippen LogP contribution in [0.3, 0.4) is 0 Å². The van der Waals surface area contributed by atoms with Gasteiger partial charge in [0.2, 0.25) is 5.89 Å². The fourth-order valence-corrected chi connectivity index (χ4v) is 7.26. The highest BCUT2D eigenvalue weighted by Crippen LogP contribution is 2.46. The van der Waals surface area contributed by atoms with Crippen LogP contribution >= 0.6 is 0 Å². The topological polar surface area (TPSA) is 42.4 Å². The van der Waals surface area contributed by atoms with Gasteiger partial charge in [-0.15, -0.1) is 0 Å². The molecule has 2 heterocycles. The van der Waals surface area contributed by atoms with Crippen LogP contribution in [0.25, 0.3) is 77.2 Å². The van der Waals surface area contributed by atoms with E-state index < -0.39 is 0 Å². The number of rotatable bonds is 5. The number of para-hydroxylation sites is 2. The number of oxazole rings is 1. The number of furan rings is 1. The number of anilines is 3. The molecule has 0 spiro atoms. The van der Waals surface area contributed by atoms with Crippen molar-refractivity contribution >= 4 is 71.6 Å². The number of nitrogens with zero attached hydrogens (tertiary/aromatic N) is 2. The number of hydrogen-bond donors (Lipinski definition) is 0. The normalized spacial score (nSPS) is 11.7. The first-order valence-corrected chi connectivity index (χ1v) is 16.5. The summed E-state index contributed by atoms with van der Waals surface area (Å²) in [4.78, 5) is 7.28. The van der Waals surface area contributed by atoms with E-state index in [0.29, 0.717) is 5.89 Å². The molecule has 230 valence electrons. The van der Waals surface area contributed by atoms with E-state index in [-0.39, 0.29) is 0 Å². The Morgan fingerprint density at radius 3 is 1.98 bits per heavy atom. The Bertz CT molecular complexity index is 2820. The molecule has 0 saturated heterocycles. The number of aromatic nitrogens is 1. The molecule has 4 nitrogen and oxygen atoms in total. The Kier molecular flexibility index (Phi) is 6.15. The Labute approximate surface area is 282 Å². The van der Waals surface area contributed by atoms with Crippen molar-refractivity contribution < 1.29 is 8.83 Å². The standard InChI is InChI=1S/C45H28N2O2/c1-4-13-29(14-5-1)36-27-31-23-26-38-44(49-45(46-38)30-15-6-2-7-16-30)42(31)37-28-33(24-25-34(36)37)47(32-17-8-3-9-18-32)39-20-12-22-41-43(39)35-19-10-11-21-40(35)48-41/h1-28H. The van der Waals surface area contributed by atoms with E-state index in [1.807, 2.05) is 48.5 Å². The highest BCUT2D eigenvalue weighted by atomic mass is 16.3. The lowest BCUT2D eigenvalue weighted by Crippen LogP contribution is -2.10. The Morgan fingerprint density at radius 2 is 1.16 bits per heavy atom. The van der Waals surface area contributed by atoms with E-state index in [4.69, 9.17) is 13.8 Å². The summed E-state index contributed by atoms with van der Waals surface area (Å²) >= 11 is 0. The van der Waals surface area contributed by atoms with Gasteiger partial charge in [0.15, 0.2) is 5.58 Å². The van der Waals surface area contributed by atoms with E-state index >= 15 is 0 Å². The second-order valence-electron chi connectivity index (χ2n) is 12.3. The lowest BCUT2D eigenvalue weighted by molar-refractivity contribution is 0.623. The van der Waals surface area contributed by atoms with Crippen LogP contribution in [0.2, 0.25) is 0 Å². The lowest BCUT2D eigenvalue weighted by Gasteiger charge is -2.27. The monoisotopic (exact) mass is 628 g/mol. The maximum absolute atomic E-state index is 6.65. The van der Waals surface area contributed by atoms with Crippen LogP contribution < -0.4 is 4.90 Å². The average Bonchev–Trinajstić information content (AvgIpc) is 3.78. The first-order chi connectivity index (χ1) is 24.3. The molecule has 0 aliphatic rings.